The molecule has 0 aliphatic carbocycles. The van der Waals surface area contributed by atoms with Gasteiger partial charge in [0.05, 0.1) is 0 Å². The molecule has 1 fully saturated rings. The molecule has 0 amide bonds. The van der Waals surface area contributed by atoms with Gasteiger partial charge >= 0.3 is 0 Å². The average Bonchev–Trinajstić information content (AvgIpc) is 2.53. The van der Waals surface area contributed by atoms with Crippen LogP contribution in [0.5, 0.6) is 0 Å². The normalized spacial score (nSPS) is 22.2. The molecule has 0 radical (unpaired) electrons. The Hall–Kier alpha value is -0.840. The zero-order chi connectivity index (χ0) is 9.26. The molecule has 0 aromatic carbocycles. The molecule has 4 nitrogen and oxygen atoms in total. The molecule has 1 aliphatic rings. The molecule has 0 bridgehead atoms. The molecule has 2 rings (SSSR count). The van der Waals surface area contributed by atoms with Gasteiger partial charge in [0.2, 0.25) is 0 Å². The van der Waals surface area contributed by atoms with Gasteiger partial charge in [-0.3, -0.25) is 4.79 Å². The number of aromatic amines is 1. The summed E-state index contributed by atoms with van der Waals surface area (Å²) in [5, 5.41) is 0. The van der Waals surface area contributed by atoms with Crippen molar-refractivity contribution in [1.82, 2.24) is 9.97 Å². The van der Waals surface area contributed by atoms with Gasteiger partial charge in [-0.1, -0.05) is 15.9 Å². The summed E-state index contributed by atoms with van der Waals surface area (Å²) in [6.07, 6.45) is 4.22. The van der Waals surface area contributed by atoms with Gasteiger partial charge in [-0.05, 0) is 6.42 Å². The Morgan fingerprint density at radius 1 is 1.69 bits per heavy atom. The van der Waals surface area contributed by atoms with E-state index in [1.165, 1.54) is 0 Å². The maximum absolute atomic E-state index is 11.3. The second kappa shape index (κ2) is 3.49. The lowest BCUT2D eigenvalue weighted by Gasteiger charge is -2.14. The highest BCUT2D eigenvalue weighted by atomic mass is 79.9. The maximum atomic E-state index is 11.3. The van der Waals surface area contributed by atoms with Gasteiger partial charge in [-0.25, -0.2) is 4.98 Å². The Labute approximate surface area is 84.1 Å². The first-order valence-electron chi connectivity index (χ1n) is 4.20. The third-order valence-corrected chi connectivity index (χ3v) is 2.87. The van der Waals surface area contributed by atoms with Crippen LogP contribution in [0.15, 0.2) is 17.2 Å². The number of halogens is 1. The van der Waals surface area contributed by atoms with Crippen LogP contribution in [0.3, 0.4) is 0 Å². The Bertz CT molecular complexity index is 351. The molecule has 13 heavy (non-hydrogen) atoms. The Kier molecular flexibility index (Phi) is 2.35. The first-order chi connectivity index (χ1) is 6.27. The van der Waals surface area contributed by atoms with Crippen LogP contribution in [0.25, 0.3) is 0 Å². The van der Waals surface area contributed by atoms with Crippen LogP contribution in [0.4, 0.5) is 5.82 Å². The number of aromatic nitrogens is 2. The highest BCUT2D eigenvalue weighted by molar-refractivity contribution is 9.09. The van der Waals surface area contributed by atoms with Gasteiger partial charge in [0, 0.05) is 30.3 Å². The second-order valence-corrected chi connectivity index (χ2v) is 4.37. The highest BCUT2D eigenvalue weighted by Gasteiger charge is 2.22. The minimum atomic E-state index is -0.107. The summed E-state index contributed by atoms with van der Waals surface area (Å²) < 4.78 is 0. The van der Waals surface area contributed by atoms with Crippen molar-refractivity contribution in [3.05, 3.63) is 22.7 Å². The number of nitrogens with zero attached hydrogens (tertiary/aromatic N) is 2. The Morgan fingerprint density at radius 2 is 2.54 bits per heavy atom. The zero-order valence-corrected chi connectivity index (χ0v) is 8.62. The van der Waals surface area contributed by atoms with Crippen LogP contribution in [0.2, 0.25) is 0 Å². The van der Waals surface area contributed by atoms with E-state index in [4.69, 9.17) is 0 Å². The standard InChI is InChI=1S/C8H10BrN3O/c9-6-1-4-12(5-6)7-8(13)11-3-2-10-7/h2-3,6H,1,4-5H2,(H,11,13). The van der Waals surface area contributed by atoms with Gasteiger partial charge in [0.15, 0.2) is 5.82 Å². The lowest BCUT2D eigenvalue weighted by Crippen LogP contribution is -2.27. The molecule has 1 saturated heterocycles. The number of nitrogens with one attached hydrogen (secondary N) is 1. The predicted molar refractivity (Wildman–Crippen MR) is 54.4 cm³/mol. The first kappa shape index (κ1) is 8.74. The second-order valence-electron chi connectivity index (χ2n) is 3.07. The third kappa shape index (κ3) is 1.75. The SMILES string of the molecule is O=c1[nH]ccnc1N1CCC(Br)C1. The summed E-state index contributed by atoms with van der Waals surface area (Å²) in [6, 6.07) is 0. The van der Waals surface area contributed by atoms with Gasteiger partial charge in [-0.2, -0.15) is 0 Å². The van der Waals surface area contributed by atoms with Crippen LogP contribution in [0.1, 0.15) is 6.42 Å². The topological polar surface area (TPSA) is 49.0 Å². The molecule has 1 aromatic rings. The molecule has 70 valence electrons. The van der Waals surface area contributed by atoms with Crippen LogP contribution in [0, 0.1) is 0 Å². The van der Waals surface area contributed by atoms with E-state index in [1.807, 2.05) is 4.90 Å². The number of alkyl halides is 1. The molecule has 2 heterocycles. The predicted octanol–water partition coefficient (Wildman–Crippen LogP) is 0.744. The molecular formula is C8H10BrN3O. The van der Waals surface area contributed by atoms with Gasteiger partial charge in [0.25, 0.3) is 5.56 Å². The van der Waals surface area contributed by atoms with E-state index in [2.05, 4.69) is 25.9 Å². The molecular weight excluding hydrogens is 234 g/mol. The van der Waals surface area contributed by atoms with Crippen molar-refractivity contribution in [3.8, 4) is 0 Å². The first-order valence-corrected chi connectivity index (χ1v) is 5.11. The van der Waals surface area contributed by atoms with Gasteiger partial charge in [-0.15, -0.1) is 0 Å². The fourth-order valence-corrected chi connectivity index (χ4v) is 2.03. The largest absolute Gasteiger partial charge is 0.351 e. The summed E-state index contributed by atoms with van der Waals surface area (Å²) in [4.78, 5) is 20.5. The molecule has 1 aromatic heterocycles. The number of rotatable bonds is 1. The Balaban J connectivity index is 2.26. The summed E-state index contributed by atoms with van der Waals surface area (Å²) >= 11 is 3.52. The molecule has 1 atom stereocenters. The number of hydrogen-bond donors (Lipinski definition) is 1. The van der Waals surface area contributed by atoms with E-state index in [-0.39, 0.29) is 5.56 Å². The van der Waals surface area contributed by atoms with Gasteiger partial charge < -0.3 is 9.88 Å². The number of hydrogen-bond acceptors (Lipinski definition) is 3. The van der Waals surface area contributed by atoms with Crippen LogP contribution >= 0.6 is 15.9 Å². The molecule has 1 N–H and O–H groups in total. The molecule has 0 saturated carbocycles. The smallest absolute Gasteiger partial charge is 0.290 e. The van der Waals surface area contributed by atoms with Crippen molar-refractivity contribution in [2.24, 2.45) is 0 Å². The van der Waals surface area contributed by atoms with E-state index in [0.717, 1.165) is 19.5 Å². The van der Waals surface area contributed by atoms with Crippen molar-refractivity contribution >= 4 is 21.7 Å². The van der Waals surface area contributed by atoms with Crippen molar-refractivity contribution < 1.29 is 0 Å². The zero-order valence-electron chi connectivity index (χ0n) is 7.03. The maximum Gasteiger partial charge on any atom is 0.290 e. The van der Waals surface area contributed by atoms with Crippen LogP contribution in [-0.4, -0.2) is 27.9 Å². The van der Waals surface area contributed by atoms with Crippen molar-refractivity contribution in [2.45, 2.75) is 11.2 Å². The quantitative estimate of drug-likeness (QED) is 0.741. The molecule has 1 unspecified atom stereocenters. The summed E-state index contributed by atoms with van der Waals surface area (Å²) in [5.74, 6) is 0.532. The van der Waals surface area contributed by atoms with E-state index >= 15 is 0 Å². The van der Waals surface area contributed by atoms with E-state index in [1.54, 1.807) is 12.4 Å². The van der Waals surface area contributed by atoms with Crippen molar-refractivity contribution in [1.29, 1.82) is 0 Å². The number of anilines is 1. The number of H-pyrrole nitrogens is 1. The minimum Gasteiger partial charge on any atom is -0.351 e. The summed E-state index contributed by atoms with van der Waals surface area (Å²) in [6.45, 7) is 1.76. The molecule has 1 aliphatic heterocycles. The summed E-state index contributed by atoms with van der Waals surface area (Å²) in [7, 11) is 0. The molecule has 5 heteroatoms. The lowest BCUT2D eigenvalue weighted by atomic mass is 10.4. The molecule has 0 spiro atoms. The fraction of sp³-hybridized carbons (Fsp3) is 0.500. The van der Waals surface area contributed by atoms with Crippen molar-refractivity contribution in [3.63, 3.8) is 0 Å². The fourth-order valence-electron chi connectivity index (χ4n) is 1.48. The third-order valence-electron chi connectivity index (χ3n) is 2.12. The van der Waals surface area contributed by atoms with E-state index < -0.39 is 0 Å². The highest BCUT2D eigenvalue weighted by Crippen LogP contribution is 2.19. The van der Waals surface area contributed by atoms with Crippen molar-refractivity contribution in [2.75, 3.05) is 18.0 Å². The minimum absolute atomic E-state index is 0.107. The summed E-state index contributed by atoms with van der Waals surface area (Å²) in [5.41, 5.74) is -0.107. The Morgan fingerprint density at radius 3 is 3.15 bits per heavy atom. The van der Waals surface area contributed by atoms with E-state index in [0.29, 0.717) is 10.6 Å². The van der Waals surface area contributed by atoms with Crippen LogP contribution in [-0.2, 0) is 0 Å². The van der Waals surface area contributed by atoms with Crippen LogP contribution < -0.4 is 10.5 Å². The van der Waals surface area contributed by atoms with E-state index in [9.17, 15) is 4.79 Å². The lowest BCUT2D eigenvalue weighted by molar-refractivity contribution is 0.913. The average molecular weight is 244 g/mol. The monoisotopic (exact) mass is 243 g/mol. The van der Waals surface area contributed by atoms with Gasteiger partial charge in [0.1, 0.15) is 0 Å².